The number of carbonyl (C=O) groups excluding carboxylic acids is 3. The predicted octanol–water partition coefficient (Wildman–Crippen LogP) is 3.35. The summed E-state index contributed by atoms with van der Waals surface area (Å²) >= 11 is 0. The van der Waals surface area contributed by atoms with Gasteiger partial charge in [0.1, 0.15) is 6.04 Å². The number of hydrogen-bond acceptors (Lipinski definition) is 4. The number of likely N-dealkylation sites (tertiary alicyclic amines) is 1. The van der Waals surface area contributed by atoms with E-state index in [1.165, 1.54) is 0 Å². The average molecular weight is 556 g/mol. The van der Waals surface area contributed by atoms with Gasteiger partial charge in [0.25, 0.3) is 0 Å². The van der Waals surface area contributed by atoms with Gasteiger partial charge in [-0.05, 0) is 48.1 Å². The van der Waals surface area contributed by atoms with Crippen molar-refractivity contribution < 1.29 is 14.4 Å². The first kappa shape index (κ1) is 28.6. The van der Waals surface area contributed by atoms with Gasteiger partial charge in [0, 0.05) is 52.2 Å². The minimum Gasteiger partial charge on any atom is -0.356 e. The van der Waals surface area contributed by atoms with Crippen molar-refractivity contribution in [2.75, 3.05) is 45.8 Å². The summed E-state index contributed by atoms with van der Waals surface area (Å²) in [6, 6.07) is 23.4. The van der Waals surface area contributed by atoms with Gasteiger partial charge in [0.05, 0.1) is 5.41 Å². The summed E-state index contributed by atoms with van der Waals surface area (Å²) in [6.45, 7) is 6.01. The zero-order valence-electron chi connectivity index (χ0n) is 23.9. The molecule has 3 aromatic rings. The highest BCUT2D eigenvalue weighted by atomic mass is 16.2. The normalized spacial score (nSPS) is 19.9. The van der Waals surface area contributed by atoms with Crippen LogP contribution in [0.3, 0.4) is 0 Å². The molecule has 0 aromatic heterocycles. The minimum absolute atomic E-state index is 0.0164. The predicted molar refractivity (Wildman–Crippen MR) is 161 cm³/mol. The Morgan fingerprint density at radius 3 is 2.37 bits per heavy atom. The summed E-state index contributed by atoms with van der Waals surface area (Å²) in [5.74, 6) is -0.152. The van der Waals surface area contributed by atoms with Crippen molar-refractivity contribution in [1.82, 2.24) is 25.8 Å². The molecule has 2 saturated heterocycles. The Morgan fingerprint density at radius 2 is 1.61 bits per heavy atom. The molecule has 8 heteroatoms. The summed E-state index contributed by atoms with van der Waals surface area (Å²) < 4.78 is 0. The molecule has 2 fully saturated rings. The third-order valence-electron chi connectivity index (χ3n) is 8.35. The number of carbonyl (C=O) groups is 3. The molecule has 4 amide bonds. The molecule has 8 nitrogen and oxygen atoms in total. The van der Waals surface area contributed by atoms with Gasteiger partial charge in [-0.25, -0.2) is 4.79 Å². The Hall–Kier alpha value is -3.91. The molecule has 0 aliphatic carbocycles. The number of piperazine rings is 1. The van der Waals surface area contributed by atoms with Crippen LogP contribution < -0.4 is 16.0 Å². The molecule has 3 aromatic carbocycles. The van der Waals surface area contributed by atoms with Gasteiger partial charge in [-0.3, -0.25) is 9.59 Å². The van der Waals surface area contributed by atoms with Crippen molar-refractivity contribution >= 4 is 28.6 Å². The molecule has 2 heterocycles. The zero-order chi connectivity index (χ0) is 28.7. The van der Waals surface area contributed by atoms with Crippen LogP contribution in [0.2, 0.25) is 0 Å². The van der Waals surface area contributed by atoms with E-state index in [2.05, 4.69) is 40.2 Å². The van der Waals surface area contributed by atoms with Gasteiger partial charge in [-0.15, -0.1) is 0 Å². The first-order valence-corrected chi connectivity index (χ1v) is 14.8. The minimum atomic E-state index is -0.736. The van der Waals surface area contributed by atoms with Crippen LogP contribution in [0.15, 0.2) is 72.8 Å². The average Bonchev–Trinajstić information content (AvgIpc) is 3.01. The number of urea groups is 1. The van der Waals surface area contributed by atoms with Gasteiger partial charge in [-0.2, -0.15) is 0 Å². The molecule has 0 saturated carbocycles. The molecule has 3 N–H and O–H groups in total. The van der Waals surface area contributed by atoms with E-state index in [9.17, 15) is 14.4 Å². The van der Waals surface area contributed by atoms with E-state index in [1.54, 1.807) is 4.90 Å². The highest BCUT2D eigenvalue weighted by Gasteiger charge is 2.44. The zero-order valence-corrected chi connectivity index (χ0v) is 23.9. The summed E-state index contributed by atoms with van der Waals surface area (Å²) in [7, 11) is 0. The number of piperidine rings is 1. The fourth-order valence-corrected chi connectivity index (χ4v) is 6.19. The number of amides is 4. The van der Waals surface area contributed by atoms with Crippen LogP contribution in [0.25, 0.3) is 10.8 Å². The molecule has 2 atom stereocenters. The van der Waals surface area contributed by atoms with Crippen molar-refractivity contribution in [2.45, 2.75) is 38.6 Å². The van der Waals surface area contributed by atoms with Crippen molar-refractivity contribution in [3.63, 3.8) is 0 Å². The van der Waals surface area contributed by atoms with Gasteiger partial charge in [0.15, 0.2) is 0 Å². The summed E-state index contributed by atoms with van der Waals surface area (Å²) in [5, 5.41) is 11.6. The molecule has 0 bridgehead atoms. The monoisotopic (exact) mass is 555 g/mol. The number of fused-ring (bicyclic) bond motifs is 1. The first-order valence-electron chi connectivity index (χ1n) is 14.8. The summed E-state index contributed by atoms with van der Waals surface area (Å²) in [6.07, 6.45) is 2.38. The van der Waals surface area contributed by atoms with Gasteiger partial charge in [0.2, 0.25) is 11.8 Å². The lowest BCUT2D eigenvalue weighted by molar-refractivity contribution is -0.142. The second kappa shape index (κ2) is 13.2. The van der Waals surface area contributed by atoms with Gasteiger partial charge in [-0.1, -0.05) is 72.8 Å². The number of rotatable bonds is 8. The lowest BCUT2D eigenvalue weighted by Crippen LogP contribution is -2.60. The molecule has 0 spiro atoms. The number of nitrogens with zero attached hydrogens (tertiary/aromatic N) is 2. The van der Waals surface area contributed by atoms with Crippen molar-refractivity contribution in [3.05, 3.63) is 83.9 Å². The maximum Gasteiger partial charge on any atom is 0.318 e. The fraction of sp³-hybridized carbons (Fsp3) is 0.424. The Kier molecular flexibility index (Phi) is 9.19. The van der Waals surface area contributed by atoms with Gasteiger partial charge < -0.3 is 25.8 Å². The van der Waals surface area contributed by atoms with Crippen LogP contribution in [0.4, 0.5) is 4.79 Å². The molecule has 41 heavy (non-hydrogen) atoms. The Labute approximate surface area is 242 Å². The fourth-order valence-electron chi connectivity index (χ4n) is 6.19. The first-order chi connectivity index (χ1) is 20.0. The van der Waals surface area contributed by atoms with E-state index in [-0.39, 0.29) is 17.8 Å². The second-order valence-corrected chi connectivity index (χ2v) is 11.3. The third-order valence-corrected chi connectivity index (χ3v) is 8.35. The summed E-state index contributed by atoms with van der Waals surface area (Å²) in [4.78, 5) is 44.7. The molecule has 1 unspecified atom stereocenters. The SMILES string of the molecule is CCNC(=O)[C@]1(Cc2ccccc2)CCCN(C(=O)C(Cc2ccc3ccccc3c2)NC(=O)N2CCNCC2)C1. The number of hydrogen-bond donors (Lipinski definition) is 3. The maximum absolute atomic E-state index is 14.3. The third kappa shape index (κ3) is 6.88. The van der Waals surface area contributed by atoms with E-state index in [4.69, 9.17) is 0 Å². The topological polar surface area (TPSA) is 93.8 Å². The van der Waals surface area contributed by atoms with E-state index < -0.39 is 11.5 Å². The Bertz CT molecular complexity index is 1360. The van der Waals surface area contributed by atoms with Crippen LogP contribution >= 0.6 is 0 Å². The van der Waals surface area contributed by atoms with Crippen molar-refractivity contribution in [1.29, 1.82) is 0 Å². The largest absolute Gasteiger partial charge is 0.356 e. The lowest BCUT2D eigenvalue weighted by Gasteiger charge is -2.43. The number of nitrogens with one attached hydrogen (secondary N) is 3. The van der Waals surface area contributed by atoms with E-state index >= 15 is 0 Å². The molecule has 5 rings (SSSR count). The molecule has 2 aliphatic rings. The van der Waals surface area contributed by atoms with Crippen molar-refractivity contribution in [3.8, 4) is 0 Å². The summed E-state index contributed by atoms with van der Waals surface area (Å²) in [5.41, 5.74) is 1.34. The molecular weight excluding hydrogens is 514 g/mol. The van der Waals surface area contributed by atoms with Gasteiger partial charge >= 0.3 is 6.03 Å². The Morgan fingerprint density at radius 1 is 0.878 bits per heavy atom. The highest BCUT2D eigenvalue weighted by molar-refractivity contribution is 5.90. The molecular formula is C33H41N5O3. The van der Waals surface area contributed by atoms with Crippen LogP contribution in [-0.4, -0.2) is 79.5 Å². The molecule has 2 aliphatic heterocycles. The Balaban J connectivity index is 1.40. The number of benzene rings is 3. The van der Waals surface area contributed by atoms with Crippen LogP contribution in [0, 0.1) is 5.41 Å². The van der Waals surface area contributed by atoms with Crippen LogP contribution in [-0.2, 0) is 22.4 Å². The van der Waals surface area contributed by atoms with Crippen LogP contribution in [0.5, 0.6) is 0 Å². The quantitative estimate of drug-likeness (QED) is 0.398. The maximum atomic E-state index is 14.3. The van der Waals surface area contributed by atoms with Crippen LogP contribution in [0.1, 0.15) is 30.9 Å². The lowest BCUT2D eigenvalue weighted by atomic mass is 9.74. The standard InChI is InChI=1S/C33H41N5O3/c1-2-35-31(40)33(23-25-9-4-3-5-10-25)15-8-18-38(24-33)30(39)29(36-32(41)37-19-16-34-17-20-37)22-26-13-14-27-11-6-7-12-28(27)21-26/h3-7,9-14,21,29,34H,2,8,15-20,22-24H2,1H3,(H,35,40)(H,36,41)/t29?,33-/m0/s1. The van der Waals surface area contributed by atoms with E-state index in [0.29, 0.717) is 52.0 Å². The van der Waals surface area contributed by atoms with Crippen molar-refractivity contribution in [2.24, 2.45) is 5.41 Å². The highest BCUT2D eigenvalue weighted by Crippen LogP contribution is 2.35. The molecule has 0 radical (unpaired) electrons. The van der Waals surface area contributed by atoms with E-state index in [0.717, 1.165) is 41.4 Å². The smallest absolute Gasteiger partial charge is 0.318 e. The molecule has 216 valence electrons. The second-order valence-electron chi connectivity index (χ2n) is 11.3. The van der Waals surface area contributed by atoms with E-state index in [1.807, 2.05) is 60.4 Å².